The molecule has 0 unspecified atom stereocenters. The smallest absolute Gasteiger partial charge is 0.260 e. The molecule has 1 heterocycles. The molecule has 1 N–H and O–H groups in total. The van der Waals surface area contributed by atoms with Crippen LogP contribution in [0.3, 0.4) is 0 Å². The molecule has 5 heteroatoms. The van der Waals surface area contributed by atoms with Crippen molar-refractivity contribution >= 4 is 17.4 Å². The van der Waals surface area contributed by atoms with Crippen molar-refractivity contribution in [1.82, 2.24) is 10.1 Å². The van der Waals surface area contributed by atoms with Gasteiger partial charge in [0, 0.05) is 12.2 Å². The van der Waals surface area contributed by atoms with E-state index in [-0.39, 0.29) is 0 Å². The maximum absolute atomic E-state index is 5.23. The number of hydrogen-bond acceptors (Lipinski definition) is 5. The molecule has 2 aromatic rings. The molecule has 0 aliphatic heterocycles. The fourth-order valence-corrected chi connectivity index (χ4v) is 2.41. The molecular formula is C14H19N3OS. The predicted molar refractivity (Wildman–Crippen MR) is 80.6 cm³/mol. The largest absolute Gasteiger partial charge is 0.384 e. The Morgan fingerprint density at radius 1 is 1.32 bits per heavy atom. The molecule has 0 fully saturated rings. The zero-order valence-electron chi connectivity index (χ0n) is 11.3. The van der Waals surface area contributed by atoms with E-state index in [9.17, 15) is 0 Å². The highest BCUT2D eigenvalue weighted by Crippen LogP contribution is 2.26. The molecular weight excluding hydrogens is 258 g/mol. The molecule has 0 radical (unpaired) electrons. The van der Waals surface area contributed by atoms with Gasteiger partial charge in [0.2, 0.25) is 0 Å². The second-order valence-electron chi connectivity index (χ2n) is 4.17. The second-order valence-corrected chi connectivity index (χ2v) is 5.56. The van der Waals surface area contributed by atoms with Crippen LogP contribution in [0.2, 0.25) is 0 Å². The van der Waals surface area contributed by atoms with E-state index in [4.69, 9.17) is 4.52 Å². The van der Waals surface area contributed by atoms with Crippen LogP contribution in [-0.2, 0) is 0 Å². The molecule has 19 heavy (non-hydrogen) atoms. The molecule has 0 bridgehead atoms. The fourth-order valence-electron chi connectivity index (χ4n) is 1.77. The van der Waals surface area contributed by atoms with Gasteiger partial charge in [-0.3, -0.25) is 0 Å². The van der Waals surface area contributed by atoms with Crippen LogP contribution in [0.5, 0.6) is 0 Å². The lowest BCUT2D eigenvalue weighted by molar-refractivity contribution is 0.426. The number of anilines is 1. The highest BCUT2D eigenvalue weighted by molar-refractivity contribution is 7.99. The van der Waals surface area contributed by atoms with Crippen molar-refractivity contribution < 1.29 is 4.52 Å². The summed E-state index contributed by atoms with van der Waals surface area (Å²) in [4.78, 5) is 4.28. The minimum absolute atomic E-state index is 0.573. The Morgan fingerprint density at radius 2 is 2.16 bits per heavy atom. The third-order valence-corrected chi connectivity index (χ3v) is 3.66. The van der Waals surface area contributed by atoms with Crippen molar-refractivity contribution in [2.45, 2.75) is 20.3 Å². The minimum Gasteiger partial charge on any atom is -0.384 e. The van der Waals surface area contributed by atoms with Crippen LogP contribution in [0.25, 0.3) is 11.5 Å². The van der Waals surface area contributed by atoms with E-state index in [2.05, 4.69) is 22.4 Å². The molecule has 1 aromatic heterocycles. The van der Waals surface area contributed by atoms with Crippen molar-refractivity contribution in [3.63, 3.8) is 0 Å². The van der Waals surface area contributed by atoms with Gasteiger partial charge in [0.25, 0.3) is 5.89 Å². The van der Waals surface area contributed by atoms with E-state index in [1.54, 1.807) is 0 Å². The molecule has 1 aromatic carbocycles. The van der Waals surface area contributed by atoms with Crippen molar-refractivity contribution in [3.05, 3.63) is 30.1 Å². The van der Waals surface area contributed by atoms with Crippen LogP contribution in [0.15, 0.2) is 28.8 Å². The van der Waals surface area contributed by atoms with Crippen molar-refractivity contribution in [1.29, 1.82) is 0 Å². The Kier molecular flexibility index (Phi) is 5.27. The van der Waals surface area contributed by atoms with E-state index < -0.39 is 0 Å². The van der Waals surface area contributed by atoms with Crippen LogP contribution < -0.4 is 5.32 Å². The van der Waals surface area contributed by atoms with Gasteiger partial charge in [-0.05, 0) is 37.0 Å². The normalized spacial score (nSPS) is 10.6. The summed E-state index contributed by atoms with van der Waals surface area (Å²) in [6, 6.07) is 8.03. The summed E-state index contributed by atoms with van der Waals surface area (Å²) in [5.74, 6) is 3.59. The molecule has 0 saturated carbocycles. The molecule has 0 saturated heterocycles. The Hall–Kier alpha value is -1.49. The molecule has 2 rings (SSSR count). The van der Waals surface area contributed by atoms with Gasteiger partial charge < -0.3 is 9.84 Å². The summed E-state index contributed by atoms with van der Waals surface area (Å²) in [6.07, 6.45) is 1.15. The van der Waals surface area contributed by atoms with Crippen molar-refractivity contribution in [2.24, 2.45) is 0 Å². The third-order valence-electron chi connectivity index (χ3n) is 2.67. The van der Waals surface area contributed by atoms with Gasteiger partial charge in [0.1, 0.15) is 0 Å². The van der Waals surface area contributed by atoms with Gasteiger partial charge in [0.05, 0.1) is 5.56 Å². The molecule has 4 nitrogen and oxygen atoms in total. The lowest BCUT2D eigenvalue weighted by Gasteiger charge is -2.09. The summed E-state index contributed by atoms with van der Waals surface area (Å²) in [6.45, 7) is 4.97. The first-order valence-electron chi connectivity index (χ1n) is 6.52. The topological polar surface area (TPSA) is 51.0 Å². The minimum atomic E-state index is 0.573. The first kappa shape index (κ1) is 13.9. The van der Waals surface area contributed by atoms with Crippen LogP contribution in [0.4, 0.5) is 5.69 Å². The number of aromatic nitrogens is 2. The number of rotatable bonds is 7. The standard InChI is InChI=1S/C14H19N3OS/c1-3-19-10-6-9-15-13-8-5-4-7-12(13)14-16-11(2)17-18-14/h4-5,7-8,15H,3,6,9-10H2,1-2H3. The van der Waals surface area contributed by atoms with E-state index in [0.717, 1.165) is 24.2 Å². The maximum atomic E-state index is 5.23. The third kappa shape index (κ3) is 3.99. The van der Waals surface area contributed by atoms with Crippen LogP contribution >= 0.6 is 11.8 Å². The summed E-state index contributed by atoms with van der Waals surface area (Å²) < 4.78 is 5.23. The molecule has 0 atom stereocenters. The predicted octanol–water partition coefficient (Wildman–Crippen LogP) is 3.60. The van der Waals surface area contributed by atoms with E-state index in [1.165, 1.54) is 11.5 Å². The zero-order chi connectivity index (χ0) is 13.5. The van der Waals surface area contributed by atoms with Gasteiger partial charge in [-0.2, -0.15) is 16.7 Å². The number of benzene rings is 1. The molecule has 0 aliphatic rings. The highest BCUT2D eigenvalue weighted by atomic mass is 32.2. The summed E-state index contributed by atoms with van der Waals surface area (Å²) in [5, 5.41) is 7.28. The van der Waals surface area contributed by atoms with Crippen LogP contribution in [-0.4, -0.2) is 28.2 Å². The van der Waals surface area contributed by atoms with Crippen LogP contribution in [0.1, 0.15) is 19.2 Å². The first-order chi connectivity index (χ1) is 9.31. The Bertz CT molecular complexity index is 513. The zero-order valence-corrected chi connectivity index (χ0v) is 12.2. The highest BCUT2D eigenvalue weighted by Gasteiger charge is 2.10. The lowest BCUT2D eigenvalue weighted by atomic mass is 10.1. The fraction of sp³-hybridized carbons (Fsp3) is 0.429. The average Bonchev–Trinajstić information content (AvgIpc) is 2.85. The number of nitrogens with one attached hydrogen (secondary N) is 1. The van der Waals surface area contributed by atoms with E-state index in [0.29, 0.717) is 11.7 Å². The molecule has 0 amide bonds. The molecule has 0 aliphatic carbocycles. The number of aryl methyl sites for hydroxylation is 1. The van der Waals surface area contributed by atoms with Gasteiger partial charge >= 0.3 is 0 Å². The van der Waals surface area contributed by atoms with Crippen molar-refractivity contribution in [3.8, 4) is 11.5 Å². The van der Waals surface area contributed by atoms with Gasteiger partial charge in [-0.25, -0.2) is 0 Å². The molecule has 0 spiro atoms. The number of thioether (sulfide) groups is 1. The average molecular weight is 277 g/mol. The number of nitrogens with zero attached hydrogens (tertiary/aromatic N) is 2. The number of para-hydroxylation sites is 1. The summed E-state index contributed by atoms with van der Waals surface area (Å²) in [5.41, 5.74) is 2.01. The summed E-state index contributed by atoms with van der Waals surface area (Å²) >= 11 is 1.97. The van der Waals surface area contributed by atoms with Crippen molar-refractivity contribution in [2.75, 3.05) is 23.4 Å². The monoisotopic (exact) mass is 277 g/mol. The maximum Gasteiger partial charge on any atom is 0.260 e. The number of hydrogen-bond donors (Lipinski definition) is 1. The Balaban J connectivity index is 2.00. The molecule has 102 valence electrons. The summed E-state index contributed by atoms with van der Waals surface area (Å²) in [7, 11) is 0. The van der Waals surface area contributed by atoms with E-state index in [1.807, 2.05) is 43.0 Å². The quantitative estimate of drug-likeness (QED) is 0.784. The first-order valence-corrected chi connectivity index (χ1v) is 7.68. The van der Waals surface area contributed by atoms with Gasteiger partial charge in [-0.15, -0.1) is 0 Å². The van der Waals surface area contributed by atoms with Gasteiger partial charge in [-0.1, -0.05) is 24.2 Å². The van der Waals surface area contributed by atoms with Crippen LogP contribution in [0, 0.1) is 6.92 Å². The second kappa shape index (κ2) is 7.19. The Labute approximate surface area is 118 Å². The van der Waals surface area contributed by atoms with E-state index >= 15 is 0 Å². The Morgan fingerprint density at radius 3 is 2.89 bits per heavy atom. The lowest BCUT2D eigenvalue weighted by Crippen LogP contribution is -2.04. The van der Waals surface area contributed by atoms with Gasteiger partial charge in [0.15, 0.2) is 5.82 Å². The SMILES string of the molecule is CCSCCCNc1ccccc1-c1nc(C)no1.